The Morgan fingerprint density at radius 1 is 1.31 bits per heavy atom. The molecule has 1 aromatic heterocycles. The van der Waals surface area contributed by atoms with Gasteiger partial charge >= 0.3 is 12.1 Å². The minimum atomic E-state index is -4.82. The molecule has 0 spiro atoms. The number of ether oxygens (including phenoxy) is 2. The zero-order valence-corrected chi connectivity index (χ0v) is 15.7. The summed E-state index contributed by atoms with van der Waals surface area (Å²) in [5.74, 6) is -1.16. The van der Waals surface area contributed by atoms with E-state index in [1.807, 2.05) is 0 Å². The lowest BCUT2D eigenvalue weighted by Gasteiger charge is -2.13. The zero-order valence-electron chi connectivity index (χ0n) is 15.7. The summed E-state index contributed by atoms with van der Waals surface area (Å²) in [6.07, 6.45) is -3.12. The standard InChI is InChI=1S/C19H20F3N3O4/c1-2-29-18(27)15-10-24-25(16(15)19(20,21)22)14-5-3-13(4-6-14)17(26)23-9-12-7-8-28-11-12/h3-6,10,12H,2,7-9,11H2,1H3,(H,23,26). The Balaban J connectivity index is 1.80. The van der Waals surface area contributed by atoms with Crippen LogP contribution in [0.3, 0.4) is 0 Å². The monoisotopic (exact) mass is 411 g/mol. The van der Waals surface area contributed by atoms with Crippen LogP contribution in [0.15, 0.2) is 30.5 Å². The number of carbonyl (C=O) groups excluding carboxylic acids is 2. The second kappa shape index (κ2) is 8.64. The molecule has 1 aromatic carbocycles. The number of rotatable bonds is 6. The van der Waals surface area contributed by atoms with E-state index in [0.29, 0.717) is 30.0 Å². The van der Waals surface area contributed by atoms with Crippen LogP contribution in [0.5, 0.6) is 0 Å². The molecule has 1 fully saturated rings. The molecule has 29 heavy (non-hydrogen) atoms. The predicted molar refractivity (Wildman–Crippen MR) is 95.8 cm³/mol. The Morgan fingerprint density at radius 2 is 2.03 bits per heavy atom. The van der Waals surface area contributed by atoms with Crippen LogP contribution in [0.25, 0.3) is 5.69 Å². The van der Waals surface area contributed by atoms with E-state index >= 15 is 0 Å². The lowest BCUT2D eigenvalue weighted by molar-refractivity contribution is -0.143. The first kappa shape index (κ1) is 20.8. The maximum atomic E-state index is 13.5. The molecule has 0 saturated carbocycles. The number of carbonyl (C=O) groups is 2. The van der Waals surface area contributed by atoms with Gasteiger partial charge in [0.2, 0.25) is 0 Å². The van der Waals surface area contributed by atoms with Gasteiger partial charge in [-0.3, -0.25) is 4.79 Å². The Kier molecular flexibility index (Phi) is 6.21. The molecule has 10 heteroatoms. The van der Waals surface area contributed by atoms with Crippen molar-refractivity contribution in [3.63, 3.8) is 0 Å². The summed E-state index contributed by atoms with van der Waals surface area (Å²) >= 11 is 0. The average Bonchev–Trinajstić information content (AvgIpc) is 3.36. The molecular formula is C19H20F3N3O4. The maximum Gasteiger partial charge on any atom is 0.434 e. The third-order valence-corrected chi connectivity index (χ3v) is 4.48. The molecule has 1 aliphatic heterocycles. The van der Waals surface area contributed by atoms with Gasteiger partial charge in [-0.15, -0.1) is 0 Å². The van der Waals surface area contributed by atoms with Crippen LogP contribution in [0.1, 0.15) is 39.8 Å². The first-order chi connectivity index (χ1) is 13.8. The van der Waals surface area contributed by atoms with Crippen molar-refractivity contribution < 1.29 is 32.2 Å². The highest BCUT2D eigenvalue weighted by Gasteiger charge is 2.41. The van der Waals surface area contributed by atoms with Gasteiger partial charge in [0.25, 0.3) is 5.91 Å². The number of esters is 1. The fourth-order valence-corrected chi connectivity index (χ4v) is 3.01. The molecule has 1 saturated heterocycles. The van der Waals surface area contributed by atoms with Crippen molar-refractivity contribution in [1.29, 1.82) is 0 Å². The van der Waals surface area contributed by atoms with Gasteiger partial charge in [-0.2, -0.15) is 18.3 Å². The van der Waals surface area contributed by atoms with Gasteiger partial charge in [0.1, 0.15) is 5.56 Å². The number of halogens is 3. The highest BCUT2D eigenvalue weighted by molar-refractivity contribution is 5.94. The SMILES string of the molecule is CCOC(=O)c1cnn(-c2ccc(C(=O)NCC3CCOC3)cc2)c1C(F)(F)F. The van der Waals surface area contributed by atoms with E-state index in [0.717, 1.165) is 12.6 Å². The van der Waals surface area contributed by atoms with E-state index in [9.17, 15) is 22.8 Å². The molecule has 1 N–H and O–H groups in total. The number of nitrogens with one attached hydrogen (secondary N) is 1. The van der Waals surface area contributed by atoms with Crippen molar-refractivity contribution in [1.82, 2.24) is 15.1 Å². The Labute approximate surface area is 164 Å². The maximum absolute atomic E-state index is 13.5. The molecule has 1 aliphatic rings. The number of nitrogens with zero attached hydrogens (tertiary/aromatic N) is 2. The van der Waals surface area contributed by atoms with Crippen LogP contribution in [0.4, 0.5) is 13.2 Å². The fraction of sp³-hybridized carbons (Fsp3) is 0.421. The number of alkyl halides is 3. The van der Waals surface area contributed by atoms with Crippen LogP contribution in [-0.2, 0) is 15.7 Å². The molecule has 1 atom stereocenters. The van der Waals surface area contributed by atoms with Crippen molar-refractivity contribution in [3.05, 3.63) is 47.3 Å². The van der Waals surface area contributed by atoms with Crippen molar-refractivity contribution in [2.75, 3.05) is 26.4 Å². The van der Waals surface area contributed by atoms with E-state index < -0.39 is 23.4 Å². The first-order valence-electron chi connectivity index (χ1n) is 9.10. The predicted octanol–water partition coefficient (Wildman–Crippen LogP) is 2.83. The molecule has 7 nitrogen and oxygen atoms in total. The summed E-state index contributed by atoms with van der Waals surface area (Å²) in [5.41, 5.74) is -1.53. The normalized spacial score (nSPS) is 16.6. The van der Waals surface area contributed by atoms with Crippen LogP contribution < -0.4 is 5.32 Å². The van der Waals surface area contributed by atoms with E-state index in [1.54, 1.807) is 0 Å². The van der Waals surface area contributed by atoms with Crippen molar-refractivity contribution in [2.24, 2.45) is 5.92 Å². The molecule has 0 radical (unpaired) electrons. The quantitative estimate of drug-likeness (QED) is 0.740. The summed E-state index contributed by atoms with van der Waals surface area (Å²) in [7, 11) is 0. The van der Waals surface area contributed by atoms with Crippen molar-refractivity contribution in [2.45, 2.75) is 19.5 Å². The summed E-state index contributed by atoms with van der Waals surface area (Å²) in [5, 5.41) is 6.49. The second-order valence-electron chi connectivity index (χ2n) is 6.52. The van der Waals surface area contributed by atoms with Gasteiger partial charge in [-0.25, -0.2) is 9.48 Å². The lowest BCUT2D eigenvalue weighted by Crippen LogP contribution is -2.29. The smallest absolute Gasteiger partial charge is 0.434 e. The Morgan fingerprint density at radius 3 is 2.62 bits per heavy atom. The molecule has 1 amide bonds. The molecule has 2 aromatic rings. The van der Waals surface area contributed by atoms with E-state index in [-0.39, 0.29) is 24.1 Å². The highest BCUT2D eigenvalue weighted by Crippen LogP contribution is 2.34. The third kappa shape index (κ3) is 4.76. The molecule has 3 rings (SSSR count). The van der Waals surface area contributed by atoms with Gasteiger partial charge in [0.15, 0.2) is 5.69 Å². The van der Waals surface area contributed by atoms with Crippen LogP contribution in [-0.4, -0.2) is 48.0 Å². The summed E-state index contributed by atoms with van der Waals surface area (Å²) < 4.78 is 51.2. The highest BCUT2D eigenvalue weighted by atomic mass is 19.4. The molecule has 156 valence electrons. The third-order valence-electron chi connectivity index (χ3n) is 4.48. The molecule has 1 unspecified atom stereocenters. The molecular weight excluding hydrogens is 391 g/mol. The van der Waals surface area contributed by atoms with Gasteiger partial charge in [0.05, 0.1) is 25.1 Å². The van der Waals surface area contributed by atoms with Gasteiger partial charge in [-0.1, -0.05) is 0 Å². The largest absolute Gasteiger partial charge is 0.462 e. The fourth-order valence-electron chi connectivity index (χ4n) is 3.01. The summed E-state index contributed by atoms with van der Waals surface area (Å²) in [6.45, 7) is 3.19. The van der Waals surface area contributed by atoms with E-state index in [1.165, 1.54) is 31.2 Å². The average molecular weight is 411 g/mol. The van der Waals surface area contributed by atoms with Crippen LogP contribution >= 0.6 is 0 Å². The number of hydrogen-bond donors (Lipinski definition) is 1. The van der Waals surface area contributed by atoms with Crippen LogP contribution in [0, 0.1) is 5.92 Å². The Bertz CT molecular complexity index is 872. The van der Waals surface area contributed by atoms with Gasteiger partial charge in [0, 0.05) is 24.6 Å². The molecule has 0 bridgehead atoms. The number of aromatic nitrogens is 2. The number of amides is 1. The Hall–Kier alpha value is -2.88. The van der Waals surface area contributed by atoms with E-state index in [2.05, 4.69) is 15.2 Å². The molecule has 2 heterocycles. The van der Waals surface area contributed by atoms with Crippen molar-refractivity contribution >= 4 is 11.9 Å². The molecule has 0 aliphatic carbocycles. The van der Waals surface area contributed by atoms with E-state index in [4.69, 9.17) is 4.74 Å². The minimum Gasteiger partial charge on any atom is -0.462 e. The summed E-state index contributed by atoms with van der Waals surface area (Å²) in [6, 6.07) is 5.49. The van der Waals surface area contributed by atoms with Crippen LogP contribution in [0.2, 0.25) is 0 Å². The minimum absolute atomic E-state index is 0.0574. The summed E-state index contributed by atoms with van der Waals surface area (Å²) in [4.78, 5) is 24.1. The van der Waals surface area contributed by atoms with Crippen molar-refractivity contribution in [3.8, 4) is 5.69 Å². The van der Waals surface area contributed by atoms with Gasteiger partial charge < -0.3 is 14.8 Å². The number of hydrogen-bond acceptors (Lipinski definition) is 5. The first-order valence-corrected chi connectivity index (χ1v) is 9.10. The zero-order chi connectivity index (χ0) is 21.0. The second-order valence-corrected chi connectivity index (χ2v) is 6.52. The number of benzene rings is 1. The lowest BCUT2D eigenvalue weighted by atomic mass is 10.1. The topological polar surface area (TPSA) is 82.5 Å². The van der Waals surface area contributed by atoms with Gasteiger partial charge in [-0.05, 0) is 37.6 Å².